The van der Waals surface area contributed by atoms with Crippen molar-refractivity contribution in [2.24, 2.45) is 11.3 Å². The van der Waals surface area contributed by atoms with E-state index in [2.05, 4.69) is 5.32 Å². The molecule has 1 atom stereocenters. The van der Waals surface area contributed by atoms with Gasteiger partial charge in [0.1, 0.15) is 0 Å². The molecular formula is C17H27NO2. The molecule has 0 fully saturated rings. The highest BCUT2D eigenvalue weighted by Crippen LogP contribution is 2.25. The lowest BCUT2D eigenvalue weighted by Gasteiger charge is -2.33. The summed E-state index contributed by atoms with van der Waals surface area (Å²) in [6.45, 7) is 12.3. The summed E-state index contributed by atoms with van der Waals surface area (Å²) in [6.07, 6.45) is -0.443. The minimum atomic E-state index is -0.443. The predicted molar refractivity (Wildman–Crippen MR) is 82.9 cm³/mol. The Morgan fingerprint density at radius 3 is 2.45 bits per heavy atom. The molecule has 3 nitrogen and oxygen atoms in total. The van der Waals surface area contributed by atoms with E-state index >= 15 is 0 Å². The lowest BCUT2D eigenvalue weighted by Crippen LogP contribution is -2.43. The molecule has 1 aromatic rings. The second kappa shape index (κ2) is 6.40. The van der Waals surface area contributed by atoms with Crippen molar-refractivity contribution in [2.75, 3.05) is 6.54 Å². The fraction of sp³-hybridized carbons (Fsp3) is 0.588. The van der Waals surface area contributed by atoms with E-state index in [1.54, 1.807) is 0 Å². The van der Waals surface area contributed by atoms with Crippen LogP contribution in [0.4, 0.5) is 0 Å². The first-order chi connectivity index (χ1) is 9.15. The van der Waals surface area contributed by atoms with Crippen molar-refractivity contribution in [3.63, 3.8) is 0 Å². The minimum absolute atomic E-state index is 0.0739. The Balaban J connectivity index is 2.75. The number of aliphatic hydroxyl groups excluding tert-OH is 1. The summed E-state index contributed by atoms with van der Waals surface area (Å²) >= 11 is 0. The predicted octanol–water partition coefficient (Wildman–Crippen LogP) is 3.08. The van der Waals surface area contributed by atoms with Crippen LogP contribution in [-0.4, -0.2) is 23.7 Å². The Hall–Kier alpha value is -1.35. The summed E-state index contributed by atoms with van der Waals surface area (Å²) in [7, 11) is 0. The number of carbonyl (C=O) groups is 1. The molecule has 3 heteroatoms. The van der Waals surface area contributed by atoms with E-state index < -0.39 is 6.10 Å². The van der Waals surface area contributed by atoms with Crippen LogP contribution in [0, 0.1) is 25.2 Å². The van der Waals surface area contributed by atoms with Crippen LogP contribution >= 0.6 is 0 Å². The fourth-order valence-corrected chi connectivity index (χ4v) is 2.39. The lowest BCUT2D eigenvalue weighted by atomic mass is 9.80. The molecule has 1 unspecified atom stereocenters. The van der Waals surface area contributed by atoms with Gasteiger partial charge in [0.15, 0.2) is 0 Å². The van der Waals surface area contributed by atoms with Crippen molar-refractivity contribution in [1.29, 1.82) is 0 Å². The van der Waals surface area contributed by atoms with Crippen molar-refractivity contribution >= 4 is 5.91 Å². The van der Waals surface area contributed by atoms with Crippen LogP contribution in [0.3, 0.4) is 0 Å². The quantitative estimate of drug-likeness (QED) is 0.869. The molecule has 0 spiro atoms. The normalized spacial score (nSPS) is 13.4. The van der Waals surface area contributed by atoms with E-state index in [0.29, 0.717) is 12.1 Å². The van der Waals surface area contributed by atoms with Crippen LogP contribution in [0.25, 0.3) is 0 Å². The number of aryl methyl sites for hydroxylation is 2. The van der Waals surface area contributed by atoms with Crippen LogP contribution in [-0.2, 0) is 0 Å². The number of hydrogen-bond acceptors (Lipinski definition) is 2. The molecule has 0 aliphatic carbocycles. The molecule has 2 N–H and O–H groups in total. The average molecular weight is 277 g/mol. The summed E-state index contributed by atoms with van der Waals surface area (Å²) in [5.41, 5.74) is 2.40. The Bertz CT molecular complexity index is 478. The third-order valence-corrected chi connectivity index (χ3v) is 3.77. The number of rotatable bonds is 5. The van der Waals surface area contributed by atoms with Crippen molar-refractivity contribution in [3.8, 4) is 0 Å². The van der Waals surface area contributed by atoms with Gasteiger partial charge in [-0.15, -0.1) is 0 Å². The van der Waals surface area contributed by atoms with E-state index in [1.807, 2.05) is 59.7 Å². The Kier molecular flexibility index (Phi) is 5.35. The standard InChI is InChI=1S/C17H27NO2/c1-11(2)15(19)17(5,6)10-18-16(20)14-9-12(3)7-8-13(14)4/h7-9,11,15,19H,10H2,1-6H3,(H,18,20). The topological polar surface area (TPSA) is 49.3 Å². The maximum atomic E-state index is 12.3. The monoisotopic (exact) mass is 277 g/mol. The summed E-state index contributed by atoms with van der Waals surface area (Å²) in [6, 6.07) is 5.85. The van der Waals surface area contributed by atoms with Gasteiger partial charge in [-0.1, -0.05) is 45.4 Å². The van der Waals surface area contributed by atoms with Gasteiger partial charge in [-0.05, 0) is 31.4 Å². The lowest BCUT2D eigenvalue weighted by molar-refractivity contribution is 0.0138. The number of hydrogen-bond donors (Lipinski definition) is 2. The second-order valence-corrected chi connectivity index (χ2v) is 6.68. The van der Waals surface area contributed by atoms with Crippen molar-refractivity contribution in [3.05, 3.63) is 34.9 Å². The zero-order valence-corrected chi connectivity index (χ0v) is 13.4. The Morgan fingerprint density at radius 2 is 1.90 bits per heavy atom. The SMILES string of the molecule is Cc1ccc(C)c(C(=O)NCC(C)(C)C(O)C(C)C)c1. The number of carbonyl (C=O) groups excluding carboxylic acids is 1. The average Bonchev–Trinajstić information content (AvgIpc) is 2.37. The van der Waals surface area contributed by atoms with Gasteiger partial charge >= 0.3 is 0 Å². The number of aliphatic hydroxyl groups is 1. The molecule has 0 radical (unpaired) electrons. The minimum Gasteiger partial charge on any atom is -0.392 e. The third-order valence-electron chi connectivity index (χ3n) is 3.77. The van der Waals surface area contributed by atoms with E-state index in [1.165, 1.54) is 0 Å². The maximum absolute atomic E-state index is 12.3. The first-order valence-electron chi connectivity index (χ1n) is 7.18. The highest BCUT2D eigenvalue weighted by Gasteiger charge is 2.30. The van der Waals surface area contributed by atoms with Gasteiger partial charge in [0.25, 0.3) is 5.91 Å². The Labute approximate surface area is 122 Å². The third kappa shape index (κ3) is 4.07. The van der Waals surface area contributed by atoms with Crippen molar-refractivity contribution < 1.29 is 9.90 Å². The summed E-state index contributed by atoms with van der Waals surface area (Å²) < 4.78 is 0. The van der Waals surface area contributed by atoms with E-state index in [0.717, 1.165) is 11.1 Å². The van der Waals surface area contributed by atoms with Crippen LogP contribution in [0.1, 0.15) is 49.2 Å². The zero-order valence-electron chi connectivity index (χ0n) is 13.4. The highest BCUT2D eigenvalue weighted by molar-refractivity contribution is 5.95. The van der Waals surface area contributed by atoms with Gasteiger partial charge in [-0.3, -0.25) is 4.79 Å². The highest BCUT2D eigenvalue weighted by atomic mass is 16.3. The molecule has 0 aromatic heterocycles. The Morgan fingerprint density at radius 1 is 1.30 bits per heavy atom. The van der Waals surface area contributed by atoms with Crippen LogP contribution in [0.2, 0.25) is 0 Å². The van der Waals surface area contributed by atoms with E-state index in [9.17, 15) is 9.90 Å². The summed E-state index contributed by atoms with van der Waals surface area (Å²) in [5, 5.41) is 13.1. The van der Waals surface area contributed by atoms with Crippen LogP contribution < -0.4 is 5.32 Å². The van der Waals surface area contributed by atoms with Crippen LogP contribution in [0.5, 0.6) is 0 Å². The largest absolute Gasteiger partial charge is 0.392 e. The molecule has 0 saturated heterocycles. The van der Waals surface area contributed by atoms with Gasteiger partial charge in [-0.2, -0.15) is 0 Å². The molecule has 20 heavy (non-hydrogen) atoms. The molecular weight excluding hydrogens is 250 g/mol. The molecule has 0 bridgehead atoms. The molecule has 0 saturated carbocycles. The van der Waals surface area contributed by atoms with Crippen molar-refractivity contribution in [2.45, 2.75) is 47.6 Å². The number of benzene rings is 1. The fourth-order valence-electron chi connectivity index (χ4n) is 2.39. The molecule has 1 amide bonds. The summed E-state index contributed by atoms with van der Waals surface area (Å²) in [5.74, 6) is 0.0952. The number of nitrogens with one attached hydrogen (secondary N) is 1. The second-order valence-electron chi connectivity index (χ2n) is 6.68. The van der Waals surface area contributed by atoms with Gasteiger partial charge in [0, 0.05) is 17.5 Å². The molecule has 0 aliphatic heterocycles. The molecule has 0 heterocycles. The van der Waals surface area contributed by atoms with Crippen molar-refractivity contribution in [1.82, 2.24) is 5.32 Å². The molecule has 112 valence electrons. The molecule has 0 aliphatic rings. The summed E-state index contributed by atoms with van der Waals surface area (Å²) in [4.78, 5) is 12.3. The van der Waals surface area contributed by atoms with Gasteiger partial charge < -0.3 is 10.4 Å². The first-order valence-corrected chi connectivity index (χ1v) is 7.18. The van der Waals surface area contributed by atoms with Gasteiger partial charge in [0.2, 0.25) is 0 Å². The number of amides is 1. The smallest absolute Gasteiger partial charge is 0.251 e. The molecule has 1 rings (SSSR count). The van der Waals surface area contributed by atoms with Gasteiger partial charge in [0.05, 0.1) is 6.10 Å². The molecule has 1 aromatic carbocycles. The van der Waals surface area contributed by atoms with Crippen LogP contribution in [0.15, 0.2) is 18.2 Å². The van der Waals surface area contributed by atoms with Gasteiger partial charge in [-0.25, -0.2) is 0 Å². The zero-order chi connectivity index (χ0) is 15.5. The first kappa shape index (κ1) is 16.7. The van der Waals surface area contributed by atoms with E-state index in [4.69, 9.17) is 0 Å². The maximum Gasteiger partial charge on any atom is 0.251 e. The van der Waals surface area contributed by atoms with E-state index in [-0.39, 0.29) is 17.2 Å².